The predicted octanol–water partition coefficient (Wildman–Crippen LogP) is 2.20. The van der Waals surface area contributed by atoms with Gasteiger partial charge in [-0.3, -0.25) is 0 Å². The van der Waals surface area contributed by atoms with Gasteiger partial charge in [-0.2, -0.15) is 0 Å². The van der Waals surface area contributed by atoms with Gasteiger partial charge in [0.1, 0.15) is 0 Å². The third-order valence-corrected chi connectivity index (χ3v) is 7.72. The monoisotopic (exact) mass is 295 g/mol. The van der Waals surface area contributed by atoms with E-state index in [9.17, 15) is 0 Å². The molecule has 3 N–H and O–H groups in total. The fourth-order valence-corrected chi connectivity index (χ4v) is 6.05. The van der Waals surface area contributed by atoms with Gasteiger partial charge in [0.05, 0.1) is 0 Å². The van der Waals surface area contributed by atoms with Crippen LogP contribution < -0.4 is 21.3 Å². The molecule has 0 aliphatic rings. The van der Waals surface area contributed by atoms with E-state index < -0.39 is 6.26 Å². The molecule has 0 fully saturated rings. The normalized spacial score (nSPS) is 14.1. The molecule has 2 aromatic rings. The van der Waals surface area contributed by atoms with Crippen LogP contribution >= 0.6 is 17.5 Å². The summed E-state index contributed by atoms with van der Waals surface area (Å²) in [6, 6.07) is 19.6. The summed E-state index contributed by atoms with van der Waals surface area (Å²) in [5.41, 5.74) is 6.73. The number of halogens is 1. The first-order valence-corrected chi connectivity index (χ1v) is 9.25. The zero-order chi connectivity index (χ0) is 14.0. The second-order valence-corrected chi connectivity index (χ2v) is 10.2. The first kappa shape index (κ1) is 14.4. The van der Waals surface area contributed by atoms with Crippen molar-refractivity contribution in [3.8, 4) is 0 Å². The quantitative estimate of drug-likeness (QED) is 0.671. The molecule has 0 aliphatic carbocycles. The molecule has 0 heterocycles. The maximum atomic E-state index is 7.00. The van der Waals surface area contributed by atoms with Gasteiger partial charge >= 0.3 is 119 Å². The van der Waals surface area contributed by atoms with Crippen LogP contribution in [0, 0.1) is 0 Å². The molecule has 3 nitrogen and oxygen atoms in total. The molecule has 0 spiro atoms. The SMILES string of the molecule is CN(C)NP(N)(Cl)(c1ccccc1)c1ccccc1. The first-order valence-electron chi connectivity index (χ1n) is 6.04. The molecule has 5 heteroatoms. The Morgan fingerprint density at radius 2 is 1.26 bits per heavy atom. The zero-order valence-electron chi connectivity index (χ0n) is 11.1. The average molecular weight is 296 g/mol. The fourth-order valence-electron chi connectivity index (χ4n) is 2.09. The van der Waals surface area contributed by atoms with E-state index in [0.717, 1.165) is 10.6 Å². The number of hydrogen-bond acceptors (Lipinski definition) is 3. The summed E-state index contributed by atoms with van der Waals surface area (Å²) in [4.78, 5) is 0. The van der Waals surface area contributed by atoms with Gasteiger partial charge < -0.3 is 0 Å². The van der Waals surface area contributed by atoms with Crippen LogP contribution in [0.5, 0.6) is 0 Å². The van der Waals surface area contributed by atoms with Crippen LogP contribution in [0.1, 0.15) is 0 Å². The Hall–Kier alpha value is -0.960. The first-order chi connectivity index (χ1) is 8.92. The van der Waals surface area contributed by atoms with Crippen LogP contribution in [0.4, 0.5) is 0 Å². The third-order valence-electron chi connectivity index (χ3n) is 2.92. The molecule has 0 saturated carbocycles. The van der Waals surface area contributed by atoms with E-state index in [1.165, 1.54) is 0 Å². The van der Waals surface area contributed by atoms with Crippen molar-refractivity contribution in [1.82, 2.24) is 10.2 Å². The second-order valence-electron chi connectivity index (χ2n) is 4.74. The van der Waals surface area contributed by atoms with E-state index in [1.54, 1.807) is 0 Å². The molecule has 2 aromatic carbocycles. The van der Waals surface area contributed by atoms with E-state index >= 15 is 0 Å². The van der Waals surface area contributed by atoms with E-state index in [2.05, 4.69) is 5.20 Å². The van der Waals surface area contributed by atoms with Crippen molar-refractivity contribution in [3.63, 3.8) is 0 Å². The Bertz CT molecular complexity index is 500. The summed E-state index contributed by atoms with van der Waals surface area (Å²) in [5.74, 6) is 0. The van der Waals surface area contributed by atoms with Gasteiger partial charge in [-0.1, -0.05) is 0 Å². The van der Waals surface area contributed by atoms with Crippen LogP contribution in [0.25, 0.3) is 0 Å². The van der Waals surface area contributed by atoms with E-state index in [1.807, 2.05) is 79.8 Å². The summed E-state index contributed by atoms with van der Waals surface area (Å²) >= 11 is 7.00. The van der Waals surface area contributed by atoms with E-state index in [-0.39, 0.29) is 0 Å². The van der Waals surface area contributed by atoms with E-state index in [0.29, 0.717) is 0 Å². The molecule has 2 rings (SSSR count). The van der Waals surface area contributed by atoms with Crippen molar-refractivity contribution >= 4 is 28.1 Å². The summed E-state index contributed by atoms with van der Waals surface area (Å²) in [5, 5.41) is 6.91. The Morgan fingerprint density at radius 3 is 1.58 bits per heavy atom. The molecular weight excluding hydrogens is 277 g/mol. The average Bonchev–Trinajstić information content (AvgIpc) is 2.40. The minimum atomic E-state index is -3.41. The van der Waals surface area contributed by atoms with Gasteiger partial charge in [-0.05, 0) is 0 Å². The van der Waals surface area contributed by atoms with Crippen molar-refractivity contribution in [3.05, 3.63) is 60.7 Å². The summed E-state index contributed by atoms with van der Waals surface area (Å²) < 4.78 is 0. The number of nitrogens with one attached hydrogen (secondary N) is 1. The molecule has 0 aliphatic heterocycles. The number of nitrogens with zero attached hydrogens (tertiary/aromatic N) is 1. The van der Waals surface area contributed by atoms with Gasteiger partial charge in [-0.25, -0.2) is 0 Å². The number of hydrogen-bond donors (Lipinski definition) is 2. The molecule has 0 atom stereocenters. The summed E-state index contributed by atoms with van der Waals surface area (Å²) in [7, 11) is 3.78. The van der Waals surface area contributed by atoms with Crippen LogP contribution in [-0.2, 0) is 0 Å². The standard InChI is InChI=1S/C14H19ClN3P/c1-18(2)17-19(15,16,13-9-5-3-6-10-13)14-11-7-4-8-12-14/h3-12,17H,16H2,1-2H3. The Morgan fingerprint density at radius 1 is 0.895 bits per heavy atom. The molecule has 0 saturated heterocycles. The Kier molecular flexibility index (Phi) is 3.95. The van der Waals surface area contributed by atoms with Crippen LogP contribution in [0.3, 0.4) is 0 Å². The van der Waals surface area contributed by atoms with Gasteiger partial charge in [0, 0.05) is 0 Å². The number of benzene rings is 2. The summed E-state index contributed by atoms with van der Waals surface area (Å²) in [6.07, 6.45) is -3.41. The van der Waals surface area contributed by atoms with Gasteiger partial charge in [0.15, 0.2) is 0 Å². The minimum absolute atomic E-state index is 0.912. The van der Waals surface area contributed by atoms with Crippen LogP contribution in [-0.4, -0.2) is 19.1 Å². The topological polar surface area (TPSA) is 41.3 Å². The molecule has 0 unspecified atom stereocenters. The van der Waals surface area contributed by atoms with Crippen molar-refractivity contribution in [1.29, 1.82) is 0 Å². The summed E-state index contributed by atoms with van der Waals surface area (Å²) in [6.45, 7) is 0. The van der Waals surface area contributed by atoms with Crippen molar-refractivity contribution in [2.75, 3.05) is 14.1 Å². The molecule has 0 amide bonds. The Balaban J connectivity index is 2.64. The number of hydrazine groups is 1. The second kappa shape index (κ2) is 5.20. The molecule has 0 aromatic heterocycles. The van der Waals surface area contributed by atoms with Gasteiger partial charge in [0.25, 0.3) is 0 Å². The fraction of sp³-hybridized carbons (Fsp3) is 0.143. The van der Waals surface area contributed by atoms with Crippen molar-refractivity contribution < 1.29 is 0 Å². The third kappa shape index (κ3) is 2.81. The van der Waals surface area contributed by atoms with E-state index in [4.69, 9.17) is 16.7 Å². The zero-order valence-corrected chi connectivity index (χ0v) is 12.8. The molecule has 0 radical (unpaired) electrons. The number of nitrogens with two attached hydrogens (primary N) is 1. The number of rotatable bonds is 4. The van der Waals surface area contributed by atoms with Gasteiger partial charge in [-0.15, -0.1) is 0 Å². The maximum absolute atomic E-state index is 7.00. The molecule has 0 bridgehead atoms. The van der Waals surface area contributed by atoms with Crippen molar-refractivity contribution in [2.45, 2.75) is 0 Å². The predicted molar refractivity (Wildman–Crippen MR) is 85.9 cm³/mol. The molecule has 102 valence electrons. The van der Waals surface area contributed by atoms with Crippen LogP contribution in [0.2, 0.25) is 0 Å². The van der Waals surface area contributed by atoms with Crippen LogP contribution in [0.15, 0.2) is 60.7 Å². The molecular formula is C14H19ClN3P. The molecule has 19 heavy (non-hydrogen) atoms. The van der Waals surface area contributed by atoms with Gasteiger partial charge in [0.2, 0.25) is 0 Å². The Labute approximate surface area is 119 Å². The van der Waals surface area contributed by atoms with Crippen molar-refractivity contribution in [2.24, 2.45) is 5.50 Å².